The molecule has 0 radical (unpaired) electrons. The Bertz CT molecular complexity index is 439. The molecule has 0 bridgehead atoms. The summed E-state index contributed by atoms with van der Waals surface area (Å²) in [6.07, 6.45) is 4.68. The number of halogens is 1. The van der Waals surface area contributed by atoms with Crippen LogP contribution in [0.15, 0.2) is 18.2 Å². The van der Waals surface area contributed by atoms with Crippen molar-refractivity contribution in [2.24, 2.45) is 0 Å². The molecule has 0 aliphatic carbocycles. The normalized spacial score (nSPS) is 19.0. The summed E-state index contributed by atoms with van der Waals surface area (Å²) in [7, 11) is 1.68. The first-order valence-electron chi connectivity index (χ1n) is 8.01. The van der Waals surface area contributed by atoms with Crippen LogP contribution in [-0.2, 0) is 11.3 Å². The van der Waals surface area contributed by atoms with E-state index < -0.39 is 0 Å². The summed E-state index contributed by atoms with van der Waals surface area (Å²) >= 11 is 0. The molecule has 0 saturated carbocycles. The standard InChI is InChI=1S/C17H27FN2O/c1-3-15-6-4-5-10-20(15)17-8-7-14(12-16(17)18)13-19-9-11-21-2/h7-8,12,15,19H,3-6,9-11,13H2,1-2H3. The predicted octanol–water partition coefficient (Wildman–Crippen LogP) is 3.33. The van der Waals surface area contributed by atoms with Gasteiger partial charge in [-0.15, -0.1) is 0 Å². The van der Waals surface area contributed by atoms with Gasteiger partial charge in [0.05, 0.1) is 12.3 Å². The van der Waals surface area contributed by atoms with E-state index in [1.54, 1.807) is 13.2 Å². The topological polar surface area (TPSA) is 24.5 Å². The third-order valence-electron chi connectivity index (χ3n) is 4.23. The van der Waals surface area contributed by atoms with E-state index in [0.717, 1.165) is 37.2 Å². The second kappa shape index (κ2) is 8.35. The summed E-state index contributed by atoms with van der Waals surface area (Å²) in [4.78, 5) is 2.25. The molecule has 0 aromatic heterocycles. The number of ether oxygens (including phenoxy) is 1. The van der Waals surface area contributed by atoms with Crippen molar-refractivity contribution in [1.82, 2.24) is 5.32 Å². The molecular formula is C17H27FN2O. The van der Waals surface area contributed by atoms with Crippen LogP contribution in [0.5, 0.6) is 0 Å². The molecule has 1 aliphatic rings. The fourth-order valence-corrected chi connectivity index (χ4v) is 3.04. The predicted molar refractivity (Wildman–Crippen MR) is 85.3 cm³/mol. The Labute approximate surface area is 127 Å². The second-order valence-electron chi connectivity index (χ2n) is 5.71. The number of methoxy groups -OCH3 is 1. The van der Waals surface area contributed by atoms with Crippen molar-refractivity contribution in [3.8, 4) is 0 Å². The van der Waals surface area contributed by atoms with Crippen LogP contribution in [0.2, 0.25) is 0 Å². The summed E-state index contributed by atoms with van der Waals surface area (Å²) in [5.41, 5.74) is 1.75. The van der Waals surface area contributed by atoms with Gasteiger partial charge in [-0.25, -0.2) is 4.39 Å². The van der Waals surface area contributed by atoms with Crippen molar-refractivity contribution in [1.29, 1.82) is 0 Å². The summed E-state index contributed by atoms with van der Waals surface area (Å²) < 4.78 is 19.4. The maximum atomic E-state index is 14.4. The molecule has 2 rings (SSSR count). The smallest absolute Gasteiger partial charge is 0.146 e. The molecule has 0 amide bonds. The Hall–Kier alpha value is -1.13. The van der Waals surface area contributed by atoms with Crippen LogP contribution in [0.3, 0.4) is 0 Å². The number of hydrogen-bond acceptors (Lipinski definition) is 3. The maximum absolute atomic E-state index is 14.4. The highest BCUT2D eigenvalue weighted by molar-refractivity contribution is 5.50. The van der Waals surface area contributed by atoms with Crippen molar-refractivity contribution in [3.05, 3.63) is 29.6 Å². The lowest BCUT2D eigenvalue weighted by Gasteiger charge is -2.37. The lowest BCUT2D eigenvalue weighted by atomic mass is 9.99. The molecule has 1 aromatic carbocycles. The zero-order valence-corrected chi connectivity index (χ0v) is 13.2. The SMILES string of the molecule is CCC1CCCCN1c1ccc(CNCCOC)cc1F. The largest absolute Gasteiger partial charge is 0.383 e. The van der Waals surface area contributed by atoms with Crippen LogP contribution in [0, 0.1) is 5.82 Å². The fourth-order valence-electron chi connectivity index (χ4n) is 3.04. The Kier molecular flexibility index (Phi) is 6.46. The van der Waals surface area contributed by atoms with Gasteiger partial charge in [0.2, 0.25) is 0 Å². The van der Waals surface area contributed by atoms with E-state index in [-0.39, 0.29) is 5.82 Å². The average molecular weight is 294 g/mol. The molecule has 3 nitrogen and oxygen atoms in total. The number of benzene rings is 1. The van der Waals surface area contributed by atoms with Crippen molar-refractivity contribution >= 4 is 5.69 Å². The summed E-state index contributed by atoms with van der Waals surface area (Å²) in [6, 6.07) is 6.12. The number of piperidine rings is 1. The highest BCUT2D eigenvalue weighted by Crippen LogP contribution is 2.29. The van der Waals surface area contributed by atoms with Crippen molar-refractivity contribution in [3.63, 3.8) is 0 Å². The Morgan fingerprint density at radius 1 is 1.38 bits per heavy atom. The fraction of sp³-hybridized carbons (Fsp3) is 0.647. The van der Waals surface area contributed by atoms with Crippen LogP contribution in [0.1, 0.15) is 38.2 Å². The Balaban J connectivity index is 2.01. The molecule has 1 fully saturated rings. The lowest BCUT2D eigenvalue weighted by Crippen LogP contribution is -2.39. The molecule has 1 saturated heterocycles. The van der Waals surface area contributed by atoms with Gasteiger partial charge in [0.25, 0.3) is 0 Å². The van der Waals surface area contributed by atoms with Gasteiger partial charge in [-0.1, -0.05) is 13.0 Å². The summed E-state index contributed by atoms with van der Waals surface area (Å²) in [5, 5.41) is 3.24. The number of nitrogens with zero attached hydrogens (tertiary/aromatic N) is 1. The Morgan fingerprint density at radius 2 is 2.24 bits per heavy atom. The molecule has 21 heavy (non-hydrogen) atoms. The molecule has 1 heterocycles. The molecular weight excluding hydrogens is 267 g/mol. The van der Waals surface area contributed by atoms with E-state index in [9.17, 15) is 4.39 Å². The highest BCUT2D eigenvalue weighted by Gasteiger charge is 2.23. The highest BCUT2D eigenvalue weighted by atomic mass is 19.1. The molecule has 1 atom stereocenters. The van der Waals surface area contributed by atoms with Gasteiger partial charge < -0.3 is 15.0 Å². The van der Waals surface area contributed by atoms with E-state index in [2.05, 4.69) is 17.1 Å². The number of hydrogen-bond donors (Lipinski definition) is 1. The molecule has 4 heteroatoms. The first kappa shape index (κ1) is 16.2. The van der Waals surface area contributed by atoms with Gasteiger partial charge in [-0.2, -0.15) is 0 Å². The van der Waals surface area contributed by atoms with Gasteiger partial charge in [-0.3, -0.25) is 0 Å². The second-order valence-corrected chi connectivity index (χ2v) is 5.71. The molecule has 118 valence electrons. The third kappa shape index (κ3) is 4.42. The molecule has 1 unspecified atom stereocenters. The molecule has 1 N–H and O–H groups in total. The van der Waals surface area contributed by atoms with E-state index in [1.165, 1.54) is 12.8 Å². The number of anilines is 1. The maximum Gasteiger partial charge on any atom is 0.146 e. The van der Waals surface area contributed by atoms with Crippen LogP contribution in [0.4, 0.5) is 10.1 Å². The lowest BCUT2D eigenvalue weighted by molar-refractivity contribution is 0.199. The van der Waals surface area contributed by atoms with Gasteiger partial charge in [0, 0.05) is 32.8 Å². The van der Waals surface area contributed by atoms with Gasteiger partial charge in [0.1, 0.15) is 5.82 Å². The first-order chi connectivity index (χ1) is 10.3. The van der Waals surface area contributed by atoms with Crippen LogP contribution < -0.4 is 10.2 Å². The number of nitrogens with one attached hydrogen (secondary N) is 1. The van der Waals surface area contributed by atoms with Crippen LogP contribution >= 0.6 is 0 Å². The van der Waals surface area contributed by atoms with E-state index in [4.69, 9.17) is 4.74 Å². The van der Waals surface area contributed by atoms with Gasteiger partial charge in [-0.05, 0) is 43.4 Å². The average Bonchev–Trinajstić information content (AvgIpc) is 2.52. The van der Waals surface area contributed by atoms with Crippen molar-refractivity contribution < 1.29 is 9.13 Å². The molecule has 1 aromatic rings. The summed E-state index contributed by atoms with van der Waals surface area (Å²) in [6.45, 7) is 5.30. The zero-order chi connectivity index (χ0) is 15.1. The monoisotopic (exact) mass is 294 g/mol. The van der Waals surface area contributed by atoms with E-state index >= 15 is 0 Å². The van der Waals surface area contributed by atoms with Crippen molar-refractivity contribution in [2.45, 2.75) is 45.2 Å². The van der Waals surface area contributed by atoms with Gasteiger partial charge in [0.15, 0.2) is 0 Å². The Morgan fingerprint density at radius 3 is 2.95 bits per heavy atom. The van der Waals surface area contributed by atoms with Gasteiger partial charge >= 0.3 is 0 Å². The third-order valence-corrected chi connectivity index (χ3v) is 4.23. The minimum atomic E-state index is -0.0959. The zero-order valence-electron chi connectivity index (χ0n) is 13.2. The summed E-state index contributed by atoms with van der Waals surface area (Å²) in [5.74, 6) is -0.0959. The quantitative estimate of drug-likeness (QED) is 0.781. The van der Waals surface area contributed by atoms with E-state index in [1.807, 2.05) is 12.1 Å². The number of rotatable bonds is 7. The molecule has 1 aliphatic heterocycles. The minimum absolute atomic E-state index is 0.0959. The molecule has 0 spiro atoms. The minimum Gasteiger partial charge on any atom is -0.383 e. The van der Waals surface area contributed by atoms with Crippen LogP contribution in [-0.4, -0.2) is 32.8 Å². The van der Waals surface area contributed by atoms with E-state index in [0.29, 0.717) is 19.2 Å². The van der Waals surface area contributed by atoms with Crippen LogP contribution in [0.25, 0.3) is 0 Å². The first-order valence-corrected chi connectivity index (χ1v) is 8.01. The van der Waals surface area contributed by atoms with Crippen molar-refractivity contribution in [2.75, 3.05) is 31.7 Å².